The molecule has 2 heteroatoms. The predicted molar refractivity (Wildman–Crippen MR) is 68.5 cm³/mol. The lowest BCUT2D eigenvalue weighted by atomic mass is 10.00. The van der Waals surface area contributed by atoms with Crippen LogP contribution in [0.25, 0.3) is 0 Å². The molecule has 2 aromatic rings. The van der Waals surface area contributed by atoms with Crippen LogP contribution in [0.2, 0.25) is 5.02 Å². The molecule has 0 saturated heterocycles. The van der Waals surface area contributed by atoms with Gasteiger partial charge in [0.2, 0.25) is 0 Å². The molecule has 0 aromatic heterocycles. The van der Waals surface area contributed by atoms with Gasteiger partial charge in [-0.15, -0.1) is 0 Å². The van der Waals surface area contributed by atoms with Crippen molar-refractivity contribution < 1.29 is 0 Å². The molecular weight excluding hydrogens is 218 g/mol. The second kappa shape index (κ2) is 5.15. The smallest absolute Gasteiger partial charge is 0.0453 e. The van der Waals surface area contributed by atoms with Gasteiger partial charge in [0.25, 0.3) is 0 Å². The first-order chi connectivity index (χ1) is 7.77. The van der Waals surface area contributed by atoms with E-state index in [1.807, 2.05) is 42.5 Å². The minimum absolute atomic E-state index is 0.0453. The summed E-state index contributed by atoms with van der Waals surface area (Å²) in [5.41, 5.74) is 8.38. The molecule has 2 N–H and O–H groups in total. The highest BCUT2D eigenvalue weighted by Gasteiger charge is 2.09. The highest BCUT2D eigenvalue weighted by atomic mass is 35.5. The van der Waals surface area contributed by atoms with Crippen LogP contribution >= 0.6 is 11.6 Å². The van der Waals surface area contributed by atoms with Gasteiger partial charge in [-0.25, -0.2) is 0 Å². The van der Waals surface area contributed by atoms with Gasteiger partial charge in [-0.1, -0.05) is 60.1 Å². The van der Waals surface area contributed by atoms with Crippen molar-refractivity contribution in [1.82, 2.24) is 0 Å². The van der Waals surface area contributed by atoms with Crippen LogP contribution in [-0.4, -0.2) is 0 Å². The summed E-state index contributed by atoms with van der Waals surface area (Å²) in [4.78, 5) is 0. The van der Waals surface area contributed by atoms with E-state index < -0.39 is 0 Å². The zero-order chi connectivity index (χ0) is 11.4. The molecule has 0 amide bonds. The summed E-state index contributed by atoms with van der Waals surface area (Å²) < 4.78 is 0. The second-order valence-corrected chi connectivity index (χ2v) is 4.22. The van der Waals surface area contributed by atoms with Gasteiger partial charge < -0.3 is 5.73 Å². The lowest BCUT2D eigenvalue weighted by Crippen LogP contribution is -2.13. The Morgan fingerprint density at radius 3 is 2.25 bits per heavy atom. The fraction of sp³-hybridized carbons (Fsp3) is 0.143. The summed E-state index contributed by atoms with van der Waals surface area (Å²) in [5.74, 6) is 0. The van der Waals surface area contributed by atoms with Crippen LogP contribution in [0.15, 0.2) is 54.6 Å². The predicted octanol–water partition coefficient (Wildman–Crippen LogP) is 3.58. The molecule has 0 bridgehead atoms. The third kappa shape index (κ3) is 2.63. The largest absolute Gasteiger partial charge is 0.324 e. The molecule has 0 radical (unpaired) electrons. The Bertz CT molecular complexity index is 453. The lowest BCUT2D eigenvalue weighted by Gasteiger charge is -2.13. The molecule has 0 unspecified atom stereocenters. The fourth-order valence-electron chi connectivity index (χ4n) is 1.75. The van der Waals surface area contributed by atoms with E-state index in [1.54, 1.807) is 0 Å². The van der Waals surface area contributed by atoms with Crippen molar-refractivity contribution in [1.29, 1.82) is 0 Å². The van der Waals surface area contributed by atoms with Crippen LogP contribution in [-0.2, 0) is 6.42 Å². The van der Waals surface area contributed by atoms with Gasteiger partial charge in [-0.3, -0.25) is 0 Å². The van der Waals surface area contributed by atoms with Crippen LogP contribution in [0.3, 0.4) is 0 Å². The Morgan fingerprint density at radius 1 is 0.938 bits per heavy atom. The molecule has 16 heavy (non-hydrogen) atoms. The summed E-state index contributed by atoms with van der Waals surface area (Å²) in [6, 6.07) is 17.9. The Balaban J connectivity index is 2.15. The maximum absolute atomic E-state index is 6.14. The number of benzene rings is 2. The first-order valence-corrected chi connectivity index (χ1v) is 5.69. The minimum Gasteiger partial charge on any atom is -0.324 e. The molecule has 0 aliphatic carbocycles. The van der Waals surface area contributed by atoms with E-state index in [4.69, 9.17) is 17.3 Å². The summed E-state index contributed by atoms with van der Waals surface area (Å²) in [6.45, 7) is 0. The summed E-state index contributed by atoms with van der Waals surface area (Å²) in [5, 5.41) is 0.742. The third-order valence-electron chi connectivity index (χ3n) is 2.60. The van der Waals surface area contributed by atoms with Gasteiger partial charge in [0.05, 0.1) is 0 Å². The molecular formula is C14H14ClN. The number of halogens is 1. The molecule has 0 spiro atoms. The summed E-state index contributed by atoms with van der Waals surface area (Å²) >= 11 is 6.11. The highest BCUT2D eigenvalue weighted by molar-refractivity contribution is 6.31. The molecule has 1 nitrogen and oxygen atoms in total. The normalized spacial score (nSPS) is 12.4. The van der Waals surface area contributed by atoms with E-state index in [1.165, 1.54) is 5.56 Å². The van der Waals surface area contributed by atoms with E-state index in [0.717, 1.165) is 17.0 Å². The van der Waals surface area contributed by atoms with Gasteiger partial charge >= 0.3 is 0 Å². The molecule has 82 valence electrons. The van der Waals surface area contributed by atoms with Crippen molar-refractivity contribution in [2.45, 2.75) is 12.5 Å². The number of nitrogens with two attached hydrogens (primary N) is 1. The molecule has 2 rings (SSSR count). The molecule has 2 aromatic carbocycles. The van der Waals surface area contributed by atoms with Gasteiger partial charge in [-0.2, -0.15) is 0 Å². The van der Waals surface area contributed by atoms with Crippen molar-refractivity contribution in [2.75, 3.05) is 0 Å². The average Bonchev–Trinajstić information content (AvgIpc) is 2.31. The monoisotopic (exact) mass is 231 g/mol. The topological polar surface area (TPSA) is 26.0 Å². The zero-order valence-corrected chi connectivity index (χ0v) is 9.69. The molecule has 0 fully saturated rings. The molecule has 1 atom stereocenters. The van der Waals surface area contributed by atoms with Crippen LogP contribution < -0.4 is 5.73 Å². The Kier molecular flexibility index (Phi) is 3.60. The van der Waals surface area contributed by atoms with Crippen molar-refractivity contribution >= 4 is 11.6 Å². The van der Waals surface area contributed by atoms with Crippen LogP contribution in [0.4, 0.5) is 0 Å². The van der Waals surface area contributed by atoms with Crippen molar-refractivity contribution in [2.24, 2.45) is 5.73 Å². The second-order valence-electron chi connectivity index (χ2n) is 3.82. The average molecular weight is 232 g/mol. The zero-order valence-electron chi connectivity index (χ0n) is 8.94. The van der Waals surface area contributed by atoms with Crippen LogP contribution in [0.1, 0.15) is 17.2 Å². The van der Waals surface area contributed by atoms with E-state index in [9.17, 15) is 0 Å². The maximum Gasteiger partial charge on any atom is 0.0453 e. The van der Waals surface area contributed by atoms with Gasteiger partial charge in [0.15, 0.2) is 0 Å². The molecule has 0 saturated carbocycles. The maximum atomic E-state index is 6.14. The van der Waals surface area contributed by atoms with Gasteiger partial charge in [0.1, 0.15) is 0 Å². The Hall–Kier alpha value is -1.31. The van der Waals surface area contributed by atoms with Crippen LogP contribution in [0, 0.1) is 0 Å². The standard InChI is InChI=1S/C14H14ClN/c15-13-9-5-4-8-12(13)14(16)10-11-6-2-1-3-7-11/h1-9,14H,10,16H2/t14-/m0/s1. The van der Waals surface area contributed by atoms with Gasteiger partial charge in [0, 0.05) is 11.1 Å². The Morgan fingerprint density at radius 2 is 1.56 bits per heavy atom. The quantitative estimate of drug-likeness (QED) is 0.859. The lowest BCUT2D eigenvalue weighted by molar-refractivity contribution is 0.722. The molecule has 0 aliphatic rings. The molecule has 0 aliphatic heterocycles. The summed E-state index contributed by atoms with van der Waals surface area (Å²) in [7, 11) is 0. The number of hydrogen-bond donors (Lipinski definition) is 1. The van der Waals surface area contributed by atoms with E-state index >= 15 is 0 Å². The number of rotatable bonds is 3. The van der Waals surface area contributed by atoms with E-state index in [0.29, 0.717) is 0 Å². The SMILES string of the molecule is N[C@@H](Cc1ccccc1)c1ccccc1Cl. The Labute approximate surface area is 101 Å². The van der Waals surface area contributed by atoms with E-state index in [-0.39, 0.29) is 6.04 Å². The molecule has 0 heterocycles. The number of hydrogen-bond acceptors (Lipinski definition) is 1. The fourth-order valence-corrected chi connectivity index (χ4v) is 2.03. The van der Waals surface area contributed by atoms with Crippen molar-refractivity contribution in [3.8, 4) is 0 Å². The van der Waals surface area contributed by atoms with Gasteiger partial charge in [-0.05, 0) is 23.6 Å². The minimum atomic E-state index is -0.0453. The first kappa shape index (κ1) is 11.2. The highest BCUT2D eigenvalue weighted by Crippen LogP contribution is 2.23. The van der Waals surface area contributed by atoms with Crippen molar-refractivity contribution in [3.05, 3.63) is 70.7 Å². The first-order valence-electron chi connectivity index (χ1n) is 5.31. The summed E-state index contributed by atoms with van der Waals surface area (Å²) in [6.07, 6.45) is 0.810. The van der Waals surface area contributed by atoms with Crippen molar-refractivity contribution in [3.63, 3.8) is 0 Å². The van der Waals surface area contributed by atoms with Crippen LogP contribution in [0.5, 0.6) is 0 Å². The third-order valence-corrected chi connectivity index (χ3v) is 2.95. The van der Waals surface area contributed by atoms with E-state index in [2.05, 4.69) is 12.1 Å².